The smallest absolute Gasteiger partial charge is 0.418 e. The SMILES string of the molecule is C[C@H]1C[C@@](O)(C23CC(C(F)(F)F)(C2)C3)C[C@@H](COc2cc(C(F)(F)F)c3c(c2)ncn3C2CS(=O)(=O)C2)N1. The Morgan fingerprint density at radius 3 is 2.37 bits per heavy atom. The van der Waals surface area contributed by atoms with E-state index in [1.54, 1.807) is 0 Å². The molecular formula is C24H27F6N3O4S. The lowest BCUT2D eigenvalue weighted by molar-refractivity contribution is -0.403. The second-order valence-electron chi connectivity index (χ2n) is 11.8. The Balaban J connectivity index is 1.20. The van der Waals surface area contributed by atoms with Crippen molar-refractivity contribution in [1.82, 2.24) is 14.9 Å². The Morgan fingerprint density at radius 2 is 1.79 bits per heavy atom. The van der Waals surface area contributed by atoms with Gasteiger partial charge in [0.1, 0.15) is 12.4 Å². The van der Waals surface area contributed by atoms with Crippen molar-refractivity contribution in [3.8, 4) is 5.75 Å². The van der Waals surface area contributed by atoms with E-state index in [2.05, 4.69) is 10.3 Å². The van der Waals surface area contributed by atoms with Crippen molar-refractivity contribution < 1.29 is 44.6 Å². The third-order valence-corrected chi connectivity index (χ3v) is 10.8. The van der Waals surface area contributed by atoms with E-state index in [0.29, 0.717) is 0 Å². The van der Waals surface area contributed by atoms with Crippen LogP contribution in [0.3, 0.4) is 0 Å². The maximum absolute atomic E-state index is 14.0. The van der Waals surface area contributed by atoms with Crippen molar-refractivity contribution in [1.29, 1.82) is 0 Å². The lowest BCUT2D eigenvalue weighted by Crippen LogP contribution is -2.78. The van der Waals surface area contributed by atoms with Crippen LogP contribution < -0.4 is 10.1 Å². The van der Waals surface area contributed by atoms with Gasteiger partial charge in [0.25, 0.3) is 0 Å². The van der Waals surface area contributed by atoms with Crippen molar-refractivity contribution >= 4 is 20.9 Å². The maximum atomic E-state index is 14.0. The number of fused-ring (bicyclic) bond motifs is 1. The molecule has 0 radical (unpaired) electrons. The van der Waals surface area contributed by atoms with Gasteiger partial charge >= 0.3 is 12.4 Å². The number of aliphatic hydroxyl groups is 1. The van der Waals surface area contributed by atoms with Crippen LogP contribution in [0, 0.1) is 10.8 Å². The van der Waals surface area contributed by atoms with E-state index in [4.69, 9.17) is 4.74 Å². The topological polar surface area (TPSA) is 93.4 Å². The van der Waals surface area contributed by atoms with E-state index < -0.39 is 56.3 Å². The van der Waals surface area contributed by atoms with Crippen molar-refractivity contribution in [3.63, 3.8) is 0 Å². The molecule has 38 heavy (non-hydrogen) atoms. The molecule has 2 bridgehead atoms. The summed E-state index contributed by atoms with van der Waals surface area (Å²) in [6.07, 6.45) is -7.73. The summed E-state index contributed by atoms with van der Waals surface area (Å²) in [6.45, 7) is 1.71. The average Bonchev–Trinajstić information content (AvgIpc) is 3.08. The minimum atomic E-state index is -4.76. The number of benzene rings is 1. The van der Waals surface area contributed by atoms with E-state index in [0.717, 1.165) is 6.07 Å². The number of imidazole rings is 1. The van der Waals surface area contributed by atoms with Crippen LogP contribution in [0.5, 0.6) is 5.75 Å². The predicted octanol–water partition coefficient (Wildman–Crippen LogP) is 4.01. The van der Waals surface area contributed by atoms with Gasteiger partial charge in [-0.3, -0.25) is 0 Å². The summed E-state index contributed by atoms with van der Waals surface area (Å²) in [5.41, 5.74) is -5.01. The minimum absolute atomic E-state index is 0.00640. The molecule has 0 amide bonds. The summed E-state index contributed by atoms with van der Waals surface area (Å²) in [6, 6.07) is 0.863. The molecule has 0 unspecified atom stereocenters. The van der Waals surface area contributed by atoms with Crippen molar-refractivity contribution in [2.45, 2.75) is 75.1 Å². The molecule has 0 spiro atoms. The Labute approximate surface area is 214 Å². The largest absolute Gasteiger partial charge is 0.492 e. The molecule has 5 aliphatic rings. The van der Waals surface area contributed by atoms with E-state index >= 15 is 0 Å². The van der Waals surface area contributed by atoms with E-state index in [1.807, 2.05) is 6.92 Å². The van der Waals surface area contributed by atoms with Crippen LogP contribution in [0.4, 0.5) is 26.3 Å². The van der Waals surface area contributed by atoms with Crippen LogP contribution in [-0.2, 0) is 16.0 Å². The van der Waals surface area contributed by atoms with Crippen LogP contribution in [0.15, 0.2) is 18.5 Å². The molecule has 3 atom stereocenters. The molecule has 1 aromatic heterocycles. The number of halogens is 6. The molecule has 14 heteroatoms. The second kappa shape index (κ2) is 7.78. The van der Waals surface area contributed by atoms with Crippen molar-refractivity contribution in [3.05, 3.63) is 24.0 Å². The van der Waals surface area contributed by atoms with Gasteiger partial charge in [-0.25, -0.2) is 13.4 Å². The van der Waals surface area contributed by atoms with Gasteiger partial charge in [0.05, 0.1) is 51.5 Å². The van der Waals surface area contributed by atoms with E-state index in [1.165, 1.54) is 17.0 Å². The fourth-order valence-corrected chi connectivity index (χ4v) is 8.65. The lowest BCUT2D eigenvalue weighted by Gasteiger charge is -2.76. The average molecular weight is 568 g/mol. The number of nitrogens with one attached hydrogen (secondary N) is 1. The summed E-state index contributed by atoms with van der Waals surface area (Å²) < 4.78 is 112. The van der Waals surface area contributed by atoms with Gasteiger partial charge in [0, 0.05) is 23.6 Å². The molecule has 7 nitrogen and oxygen atoms in total. The van der Waals surface area contributed by atoms with Gasteiger partial charge in [0.2, 0.25) is 0 Å². The predicted molar refractivity (Wildman–Crippen MR) is 123 cm³/mol. The number of nitrogens with zero attached hydrogens (tertiary/aromatic N) is 2. The first kappa shape index (κ1) is 26.2. The van der Waals surface area contributed by atoms with E-state index in [-0.39, 0.29) is 73.0 Å². The second-order valence-corrected chi connectivity index (χ2v) is 14.0. The molecule has 2 aromatic rings. The van der Waals surface area contributed by atoms with Gasteiger partial charge in [-0.15, -0.1) is 0 Å². The van der Waals surface area contributed by atoms with Crippen LogP contribution in [0.1, 0.15) is 50.6 Å². The summed E-state index contributed by atoms with van der Waals surface area (Å²) >= 11 is 0. The number of piperidine rings is 1. The minimum Gasteiger partial charge on any atom is -0.492 e. The molecule has 210 valence electrons. The molecule has 3 saturated carbocycles. The molecule has 3 aliphatic carbocycles. The van der Waals surface area contributed by atoms with Crippen molar-refractivity contribution in [2.24, 2.45) is 10.8 Å². The first-order valence-corrected chi connectivity index (χ1v) is 14.2. The normalized spacial score (nSPS) is 36.8. The molecule has 2 saturated heterocycles. The third-order valence-electron chi connectivity index (χ3n) is 9.05. The van der Waals surface area contributed by atoms with Crippen LogP contribution in [0.2, 0.25) is 0 Å². The number of hydrogen-bond donors (Lipinski definition) is 2. The molecule has 7 rings (SSSR count). The maximum Gasteiger partial charge on any atom is 0.418 e. The molecular weight excluding hydrogens is 540 g/mol. The zero-order chi connectivity index (χ0) is 27.5. The molecule has 5 fully saturated rings. The fraction of sp³-hybridized carbons (Fsp3) is 0.708. The van der Waals surface area contributed by atoms with Crippen LogP contribution in [0.25, 0.3) is 11.0 Å². The highest BCUT2D eigenvalue weighted by Gasteiger charge is 2.83. The Kier molecular flexibility index (Phi) is 5.36. The monoisotopic (exact) mass is 567 g/mol. The Morgan fingerprint density at radius 1 is 1.13 bits per heavy atom. The first-order chi connectivity index (χ1) is 17.5. The van der Waals surface area contributed by atoms with Gasteiger partial charge in [0.15, 0.2) is 9.84 Å². The number of sulfone groups is 1. The zero-order valence-electron chi connectivity index (χ0n) is 20.4. The molecule has 2 aliphatic heterocycles. The van der Waals surface area contributed by atoms with Crippen LogP contribution >= 0.6 is 0 Å². The highest BCUT2D eigenvalue weighted by Crippen LogP contribution is 2.82. The number of ether oxygens (including phenoxy) is 1. The molecule has 3 heterocycles. The third kappa shape index (κ3) is 3.84. The zero-order valence-corrected chi connectivity index (χ0v) is 21.2. The number of hydrogen-bond acceptors (Lipinski definition) is 6. The molecule has 2 N–H and O–H groups in total. The summed E-state index contributed by atoms with van der Waals surface area (Å²) in [5, 5.41) is 14.7. The highest BCUT2D eigenvalue weighted by atomic mass is 32.2. The van der Waals surface area contributed by atoms with Gasteiger partial charge < -0.3 is 19.7 Å². The number of rotatable bonds is 5. The first-order valence-electron chi connectivity index (χ1n) is 12.4. The fourth-order valence-electron chi connectivity index (χ4n) is 7.26. The Hall–Kier alpha value is -2.06. The van der Waals surface area contributed by atoms with E-state index in [9.17, 15) is 39.9 Å². The standard InChI is InChI=1S/C24H27F6N3O4S/c1-13-4-22(34,20-9-21(10-20,11-20)24(28,29)30)5-14(32-13)6-37-16-2-17(23(25,26)27)19-18(3-16)31-12-33(19)15-7-38(35,36)8-15/h2-3,12-15,32,34H,4-11H2,1H3/t13-,14-,20?,21?,22-/m0/s1. The van der Waals surface area contributed by atoms with Crippen LogP contribution in [-0.4, -0.2) is 65.0 Å². The summed E-state index contributed by atoms with van der Waals surface area (Å²) in [7, 11) is -3.27. The number of alkyl halides is 6. The van der Waals surface area contributed by atoms with Gasteiger partial charge in [-0.2, -0.15) is 26.3 Å². The highest BCUT2D eigenvalue weighted by molar-refractivity contribution is 7.92. The van der Waals surface area contributed by atoms with Crippen molar-refractivity contribution in [2.75, 3.05) is 18.1 Å². The quantitative estimate of drug-likeness (QED) is 0.531. The lowest BCUT2D eigenvalue weighted by atomic mass is 9.29. The molecule has 1 aromatic carbocycles. The Bertz CT molecular complexity index is 1370. The van der Waals surface area contributed by atoms with Gasteiger partial charge in [-0.05, 0) is 45.1 Å². The summed E-state index contributed by atoms with van der Waals surface area (Å²) in [5.74, 6) is -0.608. The van der Waals surface area contributed by atoms with Gasteiger partial charge in [-0.1, -0.05) is 0 Å². The number of aromatic nitrogens is 2. The summed E-state index contributed by atoms with van der Waals surface area (Å²) in [4.78, 5) is 4.06.